The van der Waals surface area contributed by atoms with Crippen LogP contribution in [-0.2, 0) is 9.53 Å². The van der Waals surface area contributed by atoms with Crippen LogP contribution in [0.2, 0.25) is 0 Å². The van der Waals surface area contributed by atoms with E-state index in [1.54, 1.807) is 18.2 Å². The quantitative estimate of drug-likeness (QED) is 0.341. The van der Waals surface area contributed by atoms with Gasteiger partial charge in [0.1, 0.15) is 5.60 Å². The van der Waals surface area contributed by atoms with Gasteiger partial charge in [-0.2, -0.15) is 0 Å². The Morgan fingerprint density at radius 3 is 2.56 bits per heavy atom. The molecule has 0 fully saturated rings. The zero-order valence-electron chi connectivity index (χ0n) is 15.7. The Hall–Kier alpha value is -3.39. The molecule has 0 N–H and O–H groups in total. The fourth-order valence-electron chi connectivity index (χ4n) is 2.61. The van der Waals surface area contributed by atoms with E-state index in [-0.39, 0.29) is 5.97 Å². The lowest BCUT2D eigenvalue weighted by molar-refractivity contribution is -0.148. The van der Waals surface area contributed by atoms with Gasteiger partial charge in [0, 0.05) is 11.6 Å². The minimum Gasteiger partial charge on any atom is -0.457 e. The third-order valence-electron chi connectivity index (χ3n) is 3.77. The van der Waals surface area contributed by atoms with Gasteiger partial charge in [0.25, 0.3) is 0 Å². The van der Waals surface area contributed by atoms with Crippen molar-refractivity contribution in [3.05, 3.63) is 65.0 Å². The number of hydrogen-bond acceptors (Lipinski definition) is 4. The molecule has 0 aliphatic heterocycles. The number of fused-ring (bicyclic) bond motifs is 1. The molecule has 0 atom stereocenters. The molecule has 1 aromatic heterocycles. The first-order valence-electron chi connectivity index (χ1n) is 8.55. The number of aryl methyl sites for hydroxylation is 1. The number of hydrogen-bond donors (Lipinski definition) is 0. The maximum atomic E-state index is 11.7. The smallest absolute Gasteiger partial charge is 0.331 e. The van der Waals surface area contributed by atoms with E-state index in [2.05, 4.69) is 9.83 Å². The van der Waals surface area contributed by atoms with Gasteiger partial charge in [0.2, 0.25) is 5.89 Å². The number of aromatic nitrogens is 1. The summed E-state index contributed by atoms with van der Waals surface area (Å²) in [5.74, 6) is 0.120. The molecule has 0 bridgehead atoms. The molecule has 0 aliphatic carbocycles. The maximum absolute atomic E-state index is 11.7. The van der Waals surface area contributed by atoms with E-state index in [1.165, 1.54) is 6.08 Å². The average Bonchev–Trinajstić information content (AvgIpc) is 3.03. The zero-order chi connectivity index (χ0) is 19.6. The summed E-state index contributed by atoms with van der Waals surface area (Å²) in [4.78, 5) is 19.7. The molecule has 3 rings (SSSR count). The molecule has 5 nitrogen and oxygen atoms in total. The van der Waals surface area contributed by atoms with Crippen LogP contribution in [0, 0.1) is 13.5 Å². The molecule has 0 unspecified atom stereocenters. The van der Waals surface area contributed by atoms with Crippen LogP contribution in [0.4, 0.5) is 5.69 Å². The van der Waals surface area contributed by atoms with Crippen LogP contribution in [0.5, 0.6) is 0 Å². The molecule has 136 valence electrons. The average molecular weight is 360 g/mol. The van der Waals surface area contributed by atoms with Gasteiger partial charge in [0.05, 0.1) is 12.1 Å². The fraction of sp³-hybridized carbons (Fsp3) is 0.227. The first-order chi connectivity index (χ1) is 12.7. The SMILES string of the molecule is [C-]#[N+]c1cc(C)c2oc(-c3ccc(C=CC(=O)OC(C)(C)C)cc3)nc2c1. The third kappa shape index (κ3) is 4.42. The van der Waals surface area contributed by atoms with Crippen molar-refractivity contribution in [1.29, 1.82) is 0 Å². The Balaban J connectivity index is 1.81. The highest BCUT2D eigenvalue weighted by atomic mass is 16.6. The Bertz CT molecular complexity index is 1060. The van der Waals surface area contributed by atoms with Crippen molar-refractivity contribution in [3.8, 4) is 11.5 Å². The van der Waals surface area contributed by atoms with Gasteiger partial charge >= 0.3 is 5.97 Å². The number of nitrogens with zero attached hydrogens (tertiary/aromatic N) is 2. The first kappa shape index (κ1) is 18.4. The van der Waals surface area contributed by atoms with E-state index >= 15 is 0 Å². The van der Waals surface area contributed by atoms with E-state index in [0.717, 1.165) is 16.7 Å². The highest BCUT2D eigenvalue weighted by molar-refractivity contribution is 5.87. The Labute approximate surface area is 158 Å². The van der Waals surface area contributed by atoms with Crippen LogP contribution in [0.15, 0.2) is 46.9 Å². The van der Waals surface area contributed by atoms with Crippen molar-refractivity contribution in [2.75, 3.05) is 0 Å². The highest BCUT2D eigenvalue weighted by Crippen LogP contribution is 2.30. The minimum atomic E-state index is -0.510. The Morgan fingerprint density at radius 1 is 1.22 bits per heavy atom. The molecule has 27 heavy (non-hydrogen) atoms. The van der Waals surface area contributed by atoms with E-state index in [9.17, 15) is 4.79 Å². The van der Waals surface area contributed by atoms with Gasteiger partial charge in [-0.3, -0.25) is 0 Å². The molecule has 0 aliphatic rings. The lowest BCUT2D eigenvalue weighted by Gasteiger charge is -2.17. The van der Waals surface area contributed by atoms with Crippen molar-refractivity contribution >= 4 is 28.8 Å². The molecule has 0 amide bonds. The topological polar surface area (TPSA) is 56.7 Å². The van der Waals surface area contributed by atoms with E-state index < -0.39 is 5.60 Å². The summed E-state index contributed by atoms with van der Waals surface area (Å²) in [6.45, 7) is 14.5. The minimum absolute atomic E-state index is 0.378. The summed E-state index contributed by atoms with van der Waals surface area (Å²) in [5, 5.41) is 0. The normalized spacial score (nSPS) is 11.7. The number of rotatable bonds is 3. The second-order valence-corrected chi connectivity index (χ2v) is 7.23. The van der Waals surface area contributed by atoms with Crippen LogP contribution >= 0.6 is 0 Å². The molecular formula is C22H20N2O3. The largest absolute Gasteiger partial charge is 0.457 e. The Kier molecular flexibility index (Phi) is 4.83. The first-order valence-corrected chi connectivity index (χ1v) is 8.55. The number of carbonyl (C=O) groups excluding carboxylic acids is 1. The predicted molar refractivity (Wildman–Crippen MR) is 105 cm³/mol. The van der Waals surface area contributed by atoms with Gasteiger partial charge in [0.15, 0.2) is 11.3 Å². The van der Waals surface area contributed by atoms with Crippen molar-refractivity contribution in [1.82, 2.24) is 4.98 Å². The van der Waals surface area contributed by atoms with Gasteiger partial charge in [-0.15, -0.1) is 0 Å². The second-order valence-electron chi connectivity index (χ2n) is 7.23. The summed E-state index contributed by atoms with van der Waals surface area (Å²) < 4.78 is 11.1. The van der Waals surface area contributed by atoms with Gasteiger partial charge in [-0.1, -0.05) is 12.1 Å². The van der Waals surface area contributed by atoms with Gasteiger partial charge < -0.3 is 9.15 Å². The number of oxazole rings is 1. The van der Waals surface area contributed by atoms with Gasteiger partial charge in [-0.25, -0.2) is 14.6 Å². The number of benzene rings is 2. The highest BCUT2D eigenvalue weighted by Gasteiger charge is 2.14. The van der Waals surface area contributed by atoms with E-state index in [0.29, 0.717) is 22.7 Å². The number of carbonyl (C=O) groups is 1. The molecule has 2 aromatic carbocycles. The maximum Gasteiger partial charge on any atom is 0.331 e. The second kappa shape index (κ2) is 7.08. The van der Waals surface area contributed by atoms with Crippen molar-refractivity contribution in [2.45, 2.75) is 33.3 Å². The summed E-state index contributed by atoms with van der Waals surface area (Å²) in [6, 6.07) is 11.0. The lowest BCUT2D eigenvalue weighted by Crippen LogP contribution is -2.22. The molecule has 0 saturated carbocycles. The molecule has 0 spiro atoms. The van der Waals surface area contributed by atoms with Crippen LogP contribution in [-0.4, -0.2) is 16.6 Å². The Morgan fingerprint density at radius 2 is 1.93 bits per heavy atom. The number of esters is 1. The third-order valence-corrected chi connectivity index (χ3v) is 3.77. The van der Waals surface area contributed by atoms with Crippen LogP contribution in [0.3, 0.4) is 0 Å². The molecule has 5 heteroatoms. The molecule has 0 radical (unpaired) electrons. The van der Waals surface area contributed by atoms with E-state index in [4.69, 9.17) is 15.7 Å². The van der Waals surface area contributed by atoms with Crippen LogP contribution in [0.1, 0.15) is 31.9 Å². The standard InChI is InChI=1S/C22H20N2O3/c1-14-12-17(23-5)13-18-20(14)26-21(24-18)16-9-6-15(7-10-16)8-11-19(25)27-22(2,3)4/h6-13H,1-4H3. The van der Waals surface area contributed by atoms with Crippen molar-refractivity contribution in [3.63, 3.8) is 0 Å². The predicted octanol–water partition coefficient (Wildman–Crippen LogP) is 5.71. The van der Waals surface area contributed by atoms with Crippen LogP contribution in [0.25, 0.3) is 33.5 Å². The van der Waals surface area contributed by atoms with Crippen molar-refractivity contribution in [2.24, 2.45) is 0 Å². The lowest BCUT2D eigenvalue weighted by atomic mass is 10.1. The molecular weight excluding hydrogens is 340 g/mol. The summed E-state index contributed by atoms with van der Waals surface area (Å²) >= 11 is 0. The summed E-state index contributed by atoms with van der Waals surface area (Å²) in [7, 11) is 0. The molecule has 0 saturated heterocycles. The van der Waals surface area contributed by atoms with Gasteiger partial charge in [-0.05, 0) is 69.2 Å². The zero-order valence-corrected chi connectivity index (χ0v) is 15.7. The summed E-state index contributed by atoms with van der Waals surface area (Å²) in [5.41, 5.74) is 3.97. The van der Waals surface area contributed by atoms with E-state index in [1.807, 2.05) is 52.0 Å². The molecule has 3 aromatic rings. The molecule has 1 heterocycles. The summed E-state index contributed by atoms with van der Waals surface area (Å²) in [6.07, 6.45) is 3.12. The van der Waals surface area contributed by atoms with Crippen molar-refractivity contribution < 1.29 is 13.9 Å². The monoisotopic (exact) mass is 360 g/mol. The number of ether oxygens (including phenoxy) is 1. The fourth-order valence-corrected chi connectivity index (χ4v) is 2.61. The van der Waals surface area contributed by atoms with Crippen LogP contribution < -0.4 is 0 Å².